The number of pyridine rings is 1. The molecule has 3 rings (SSSR count). The molecule has 0 unspecified atom stereocenters. The van der Waals surface area contributed by atoms with Gasteiger partial charge in [-0.2, -0.15) is 0 Å². The van der Waals surface area contributed by atoms with E-state index in [1.54, 1.807) is 24.3 Å². The van der Waals surface area contributed by atoms with Crippen molar-refractivity contribution in [3.63, 3.8) is 0 Å². The third-order valence-corrected chi connectivity index (χ3v) is 4.15. The smallest absolute Gasteiger partial charge is 0.280 e. The normalized spacial score (nSPS) is 13.2. The van der Waals surface area contributed by atoms with Crippen molar-refractivity contribution in [2.45, 2.75) is 6.42 Å². The molecule has 8 heteroatoms. The standard InChI is InChI=1S/C16H11Cl2N3O3/c17-10-4-1-5-11(18)14(10)20-12(22)6-8-21-15(23)9-3-2-7-19-13(9)16(21)24/h1-5,7H,6,8H2,(H,20,22). The topological polar surface area (TPSA) is 79.4 Å². The van der Waals surface area contributed by atoms with Crippen LogP contribution in [0, 0.1) is 0 Å². The molecule has 1 aromatic carbocycles. The van der Waals surface area contributed by atoms with Crippen LogP contribution in [0.15, 0.2) is 36.5 Å². The highest BCUT2D eigenvalue weighted by molar-refractivity contribution is 6.39. The lowest BCUT2D eigenvalue weighted by Crippen LogP contribution is -2.33. The predicted octanol–water partition coefficient (Wildman–Crippen LogP) is 3.01. The summed E-state index contributed by atoms with van der Waals surface area (Å²) in [6, 6.07) is 7.97. The maximum Gasteiger partial charge on any atom is 0.280 e. The van der Waals surface area contributed by atoms with Gasteiger partial charge in [-0.1, -0.05) is 29.3 Å². The Balaban J connectivity index is 1.66. The minimum Gasteiger partial charge on any atom is -0.323 e. The van der Waals surface area contributed by atoms with Gasteiger partial charge in [0.1, 0.15) is 5.69 Å². The second-order valence-corrected chi connectivity index (χ2v) is 5.87. The Hall–Kier alpha value is -2.44. The Bertz CT molecular complexity index is 799. The molecule has 1 aromatic heterocycles. The Kier molecular flexibility index (Phi) is 4.51. The fourth-order valence-electron chi connectivity index (χ4n) is 2.35. The molecule has 24 heavy (non-hydrogen) atoms. The minimum atomic E-state index is -0.501. The number of hydrogen-bond acceptors (Lipinski definition) is 4. The van der Waals surface area contributed by atoms with E-state index in [-0.39, 0.29) is 24.2 Å². The average molecular weight is 364 g/mol. The third kappa shape index (κ3) is 2.98. The van der Waals surface area contributed by atoms with Crippen LogP contribution in [0.25, 0.3) is 0 Å². The van der Waals surface area contributed by atoms with Gasteiger partial charge in [0, 0.05) is 19.2 Å². The number of nitrogens with zero attached hydrogens (tertiary/aromatic N) is 2. The zero-order chi connectivity index (χ0) is 17.3. The van der Waals surface area contributed by atoms with Crippen molar-refractivity contribution >= 4 is 46.6 Å². The molecule has 3 amide bonds. The molecule has 1 aliphatic heterocycles. The molecule has 122 valence electrons. The molecule has 0 saturated carbocycles. The zero-order valence-corrected chi connectivity index (χ0v) is 13.8. The summed E-state index contributed by atoms with van der Waals surface area (Å²) >= 11 is 12.0. The summed E-state index contributed by atoms with van der Waals surface area (Å²) in [7, 11) is 0. The van der Waals surface area contributed by atoms with Crippen molar-refractivity contribution in [3.8, 4) is 0 Å². The number of benzene rings is 1. The summed E-state index contributed by atoms with van der Waals surface area (Å²) in [6.07, 6.45) is 1.37. The van der Waals surface area contributed by atoms with Crippen LogP contribution in [0.1, 0.15) is 27.3 Å². The first-order chi connectivity index (χ1) is 11.5. The van der Waals surface area contributed by atoms with Crippen molar-refractivity contribution in [1.29, 1.82) is 0 Å². The van der Waals surface area contributed by atoms with Gasteiger partial charge in [-0.05, 0) is 24.3 Å². The molecule has 6 nitrogen and oxygen atoms in total. The van der Waals surface area contributed by atoms with Crippen LogP contribution in [-0.4, -0.2) is 34.2 Å². The summed E-state index contributed by atoms with van der Waals surface area (Å²) in [5, 5.41) is 3.20. The van der Waals surface area contributed by atoms with Crippen LogP contribution < -0.4 is 5.32 Å². The lowest BCUT2D eigenvalue weighted by molar-refractivity contribution is -0.116. The molecule has 1 aliphatic rings. The highest BCUT2D eigenvalue weighted by Crippen LogP contribution is 2.30. The van der Waals surface area contributed by atoms with Gasteiger partial charge in [0.15, 0.2) is 0 Å². The molecular formula is C16H11Cl2N3O3. The van der Waals surface area contributed by atoms with Gasteiger partial charge >= 0.3 is 0 Å². The maximum atomic E-state index is 12.2. The molecule has 0 radical (unpaired) electrons. The highest BCUT2D eigenvalue weighted by atomic mass is 35.5. The van der Waals surface area contributed by atoms with Crippen molar-refractivity contribution in [3.05, 3.63) is 57.8 Å². The number of rotatable bonds is 4. The van der Waals surface area contributed by atoms with E-state index in [4.69, 9.17) is 23.2 Å². The van der Waals surface area contributed by atoms with E-state index in [0.717, 1.165) is 4.90 Å². The number of carbonyl (C=O) groups is 3. The Morgan fingerprint density at radius 3 is 2.46 bits per heavy atom. The highest BCUT2D eigenvalue weighted by Gasteiger charge is 2.36. The summed E-state index contributed by atoms with van der Waals surface area (Å²) in [4.78, 5) is 41.3. The predicted molar refractivity (Wildman–Crippen MR) is 89.3 cm³/mol. The zero-order valence-electron chi connectivity index (χ0n) is 12.3. The number of amides is 3. The van der Waals surface area contributed by atoms with Gasteiger partial charge < -0.3 is 5.32 Å². The van der Waals surface area contributed by atoms with Crippen LogP contribution in [0.4, 0.5) is 5.69 Å². The van der Waals surface area contributed by atoms with Gasteiger partial charge in [-0.3, -0.25) is 24.3 Å². The van der Waals surface area contributed by atoms with Crippen molar-refractivity contribution in [1.82, 2.24) is 9.88 Å². The molecular weight excluding hydrogens is 353 g/mol. The first-order valence-electron chi connectivity index (χ1n) is 7.04. The quantitative estimate of drug-likeness (QED) is 0.846. The van der Waals surface area contributed by atoms with E-state index in [2.05, 4.69) is 10.3 Å². The number of fused-ring (bicyclic) bond motifs is 1. The number of anilines is 1. The molecule has 2 heterocycles. The molecule has 0 atom stereocenters. The van der Waals surface area contributed by atoms with Crippen molar-refractivity contribution < 1.29 is 14.4 Å². The Labute approximate surface area is 147 Å². The molecule has 1 N–H and O–H groups in total. The monoisotopic (exact) mass is 363 g/mol. The minimum absolute atomic E-state index is 0.0536. The largest absolute Gasteiger partial charge is 0.323 e. The molecule has 0 saturated heterocycles. The summed E-state index contributed by atoms with van der Waals surface area (Å²) in [5.74, 6) is -1.36. The first-order valence-corrected chi connectivity index (χ1v) is 7.79. The van der Waals surface area contributed by atoms with Gasteiger partial charge in [0.2, 0.25) is 5.91 Å². The summed E-state index contributed by atoms with van der Waals surface area (Å²) in [6.45, 7) is -0.0536. The van der Waals surface area contributed by atoms with Crippen LogP contribution in [0.2, 0.25) is 10.0 Å². The number of imide groups is 1. The number of nitrogens with one attached hydrogen (secondary N) is 1. The number of hydrogen-bond donors (Lipinski definition) is 1. The van der Waals surface area contributed by atoms with Crippen LogP contribution in [-0.2, 0) is 4.79 Å². The van der Waals surface area contributed by atoms with E-state index in [0.29, 0.717) is 15.7 Å². The molecule has 2 aromatic rings. The van der Waals surface area contributed by atoms with Gasteiger partial charge in [-0.15, -0.1) is 0 Å². The van der Waals surface area contributed by atoms with Crippen molar-refractivity contribution in [2.24, 2.45) is 0 Å². The SMILES string of the molecule is O=C(CCN1C(=O)c2cccnc2C1=O)Nc1c(Cl)cccc1Cl. The van der Waals surface area contributed by atoms with Crippen molar-refractivity contribution in [2.75, 3.05) is 11.9 Å². The molecule has 0 fully saturated rings. The number of para-hydroxylation sites is 1. The Morgan fingerprint density at radius 2 is 1.79 bits per heavy atom. The van der Waals surface area contributed by atoms with E-state index in [1.807, 2.05) is 0 Å². The van der Waals surface area contributed by atoms with E-state index >= 15 is 0 Å². The van der Waals surface area contributed by atoms with E-state index in [9.17, 15) is 14.4 Å². The van der Waals surface area contributed by atoms with Gasteiger partial charge in [0.25, 0.3) is 11.8 Å². The number of aromatic nitrogens is 1. The first kappa shape index (κ1) is 16.4. The fraction of sp³-hybridized carbons (Fsp3) is 0.125. The lowest BCUT2D eigenvalue weighted by Gasteiger charge is -2.14. The van der Waals surface area contributed by atoms with Gasteiger partial charge in [0.05, 0.1) is 21.3 Å². The molecule has 0 bridgehead atoms. The maximum absolute atomic E-state index is 12.2. The van der Waals surface area contributed by atoms with Crippen LogP contribution in [0.5, 0.6) is 0 Å². The fourth-order valence-corrected chi connectivity index (χ4v) is 2.84. The average Bonchev–Trinajstić information content (AvgIpc) is 2.81. The summed E-state index contributed by atoms with van der Waals surface area (Å²) < 4.78 is 0. The van der Waals surface area contributed by atoms with Gasteiger partial charge in [-0.25, -0.2) is 0 Å². The second-order valence-electron chi connectivity index (χ2n) is 5.06. The molecule has 0 spiro atoms. The number of carbonyl (C=O) groups excluding carboxylic acids is 3. The van der Waals surface area contributed by atoms with E-state index in [1.165, 1.54) is 12.3 Å². The second kappa shape index (κ2) is 6.59. The number of halogens is 2. The van der Waals surface area contributed by atoms with Crippen LogP contribution >= 0.6 is 23.2 Å². The Morgan fingerprint density at radius 1 is 1.08 bits per heavy atom. The lowest BCUT2D eigenvalue weighted by atomic mass is 10.2. The van der Waals surface area contributed by atoms with Crippen LogP contribution in [0.3, 0.4) is 0 Å². The van der Waals surface area contributed by atoms with E-state index < -0.39 is 17.7 Å². The molecule has 0 aliphatic carbocycles. The third-order valence-electron chi connectivity index (χ3n) is 3.52. The summed E-state index contributed by atoms with van der Waals surface area (Å²) in [5.41, 5.74) is 0.656.